The number of benzene rings is 1. The van der Waals surface area contributed by atoms with E-state index in [4.69, 9.17) is 9.84 Å². The van der Waals surface area contributed by atoms with Crippen molar-refractivity contribution in [1.82, 2.24) is 9.97 Å². The molecule has 5 heteroatoms. The molecule has 0 aliphatic carbocycles. The summed E-state index contributed by atoms with van der Waals surface area (Å²) in [6, 6.07) is 9.27. The Morgan fingerprint density at radius 1 is 1.28 bits per heavy atom. The number of hydrogen-bond donors (Lipinski definition) is 1. The fraction of sp³-hybridized carbons (Fsp3) is 0.154. The number of carboxylic acid groups (broad SMARTS) is 1. The van der Waals surface area contributed by atoms with Gasteiger partial charge in [0.2, 0.25) is 5.88 Å². The summed E-state index contributed by atoms with van der Waals surface area (Å²) >= 11 is 0. The molecule has 0 aliphatic rings. The van der Waals surface area contributed by atoms with E-state index >= 15 is 0 Å². The zero-order valence-electron chi connectivity index (χ0n) is 9.83. The SMILES string of the molecule is Cc1ccc(-c2nccc(OCC(=O)O)n2)cc1. The van der Waals surface area contributed by atoms with Gasteiger partial charge >= 0.3 is 5.97 Å². The van der Waals surface area contributed by atoms with Crippen LogP contribution in [0.5, 0.6) is 5.88 Å². The van der Waals surface area contributed by atoms with E-state index in [2.05, 4.69) is 9.97 Å². The highest BCUT2D eigenvalue weighted by molar-refractivity contribution is 5.68. The van der Waals surface area contributed by atoms with Crippen molar-refractivity contribution in [2.75, 3.05) is 6.61 Å². The molecule has 0 saturated heterocycles. The molecule has 1 heterocycles. The standard InChI is InChI=1S/C13H12N2O3/c1-9-2-4-10(5-3-9)13-14-7-6-11(15-13)18-8-12(16)17/h2-7H,8H2,1H3,(H,16,17). The summed E-state index contributed by atoms with van der Waals surface area (Å²) in [5, 5.41) is 8.52. The number of rotatable bonds is 4. The molecule has 0 aliphatic heterocycles. The van der Waals surface area contributed by atoms with Crippen LogP contribution < -0.4 is 4.74 Å². The zero-order chi connectivity index (χ0) is 13.0. The van der Waals surface area contributed by atoms with Crippen LogP contribution in [-0.4, -0.2) is 27.7 Å². The number of carboxylic acids is 1. The lowest BCUT2D eigenvalue weighted by Gasteiger charge is -2.04. The maximum Gasteiger partial charge on any atom is 0.341 e. The number of hydrogen-bond acceptors (Lipinski definition) is 4. The fourth-order valence-electron chi connectivity index (χ4n) is 1.40. The molecule has 0 radical (unpaired) electrons. The van der Waals surface area contributed by atoms with Crippen molar-refractivity contribution >= 4 is 5.97 Å². The fourth-order valence-corrected chi connectivity index (χ4v) is 1.40. The van der Waals surface area contributed by atoms with Crippen LogP contribution >= 0.6 is 0 Å². The number of ether oxygens (including phenoxy) is 1. The van der Waals surface area contributed by atoms with Crippen molar-refractivity contribution in [1.29, 1.82) is 0 Å². The Labute approximate surface area is 104 Å². The Balaban J connectivity index is 2.21. The van der Waals surface area contributed by atoms with E-state index in [0.717, 1.165) is 11.1 Å². The second-order valence-corrected chi connectivity index (χ2v) is 3.77. The number of aliphatic carboxylic acids is 1. The maximum atomic E-state index is 10.4. The monoisotopic (exact) mass is 244 g/mol. The lowest BCUT2D eigenvalue weighted by molar-refractivity contribution is -0.139. The van der Waals surface area contributed by atoms with Gasteiger partial charge in [-0.1, -0.05) is 29.8 Å². The Hall–Kier alpha value is -2.43. The molecule has 0 fully saturated rings. The van der Waals surface area contributed by atoms with Gasteiger partial charge in [0.1, 0.15) is 0 Å². The van der Waals surface area contributed by atoms with E-state index in [9.17, 15) is 4.79 Å². The summed E-state index contributed by atoms with van der Waals surface area (Å²) in [6.07, 6.45) is 1.54. The Bertz CT molecular complexity index is 552. The predicted molar refractivity (Wildman–Crippen MR) is 65.3 cm³/mol. The molecule has 5 nitrogen and oxygen atoms in total. The molecule has 0 atom stereocenters. The number of nitrogens with zero attached hydrogens (tertiary/aromatic N) is 2. The molecule has 0 saturated carbocycles. The van der Waals surface area contributed by atoms with Crippen molar-refractivity contribution in [3.8, 4) is 17.3 Å². The van der Waals surface area contributed by atoms with Crippen molar-refractivity contribution in [3.63, 3.8) is 0 Å². The first-order valence-corrected chi connectivity index (χ1v) is 5.40. The average Bonchev–Trinajstić information content (AvgIpc) is 2.37. The molecule has 1 aromatic carbocycles. The third-order valence-electron chi connectivity index (χ3n) is 2.28. The van der Waals surface area contributed by atoms with Crippen LogP contribution in [0.15, 0.2) is 36.5 Å². The minimum atomic E-state index is -1.04. The van der Waals surface area contributed by atoms with Crippen LogP contribution in [0.25, 0.3) is 11.4 Å². The van der Waals surface area contributed by atoms with Crippen molar-refractivity contribution in [2.24, 2.45) is 0 Å². The number of carbonyl (C=O) groups is 1. The van der Waals surface area contributed by atoms with Crippen molar-refractivity contribution in [2.45, 2.75) is 6.92 Å². The average molecular weight is 244 g/mol. The van der Waals surface area contributed by atoms with E-state index in [1.54, 1.807) is 6.20 Å². The van der Waals surface area contributed by atoms with Crippen LogP contribution in [0, 0.1) is 6.92 Å². The van der Waals surface area contributed by atoms with Gasteiger partial charge in [-0.25, -0.2) is 9.78 Å². The van der Waals surface area contributed by atoms with Gasteiger partial charge in [0, 0.05) is 17.8 Å². The third-order valence-corrected chi connectivity index (χ3v) is 2.28. The normalized spacial score (nSPS) is 10.1. The highest BCUT2D eigenvalue weighted by Gasteiger charge is 2.04. The Kier molecular flexibility index (Phi) is 3.52. The maximum absolute atomic E-state index is 10.4. The molecule has 0 bridgehead atoms. The summed E-state index contributed by atoms with van der Waals surface area (Å²) in [5.41, 5.74) is 2.01. The Morgan fingerprint density at radius 2 is 2.00 bits per heavy atom. The number of aromatic nitrogens is 2. The van der Waals surface area contributed by atoms with Crippen LogP contribution in [0.1, 0.15) is 5.56 Å². The van der Waals surface area contributed by atoms with E-state index in [1.807, 2.05) is 31.2 Å². The van der Waals surface area contributed by atoms with Crippen LogP contribution in [0.3, 0.4) is 0 Å². The van der Waals surface area contributed by atoms with Gasteiger partial charge in [-0.3, -0.25) is 0 Å². The minimum absolute atomic E-state index is 0.253. The highest BCUT2D eigenvalue weighted by atomic mass is 16.5. The lowest BCUT2D eigenvalue weighted by Crippen LogP contribution is -2.10. The van der Waals surface area contributed by atoms with Gasteiger partial charge in [0.05, 0.1) is 0 Å². The molecule has 2 aromatic rings. The Morgan fingerprint density at radius 3 is 2.67 bits per heavy atom. The summed E-state index contributed by atoms with van der Waals surface area (Å²) in [6.45, 7) is 1.58. The molecular weight excluding hydrogens is 232 g/mol. The molecule has 0 unspecified atom stereocenters. The molecule has 1 aromatic heterocycles. The summed E-state index contributed by atoms with van der Waals surface area (Å²) in [4.78, 5) is 18.7. The first kappa shape index (κ1) is 12.0. The highest BCUT2D eigenvalue weighted by Crippen LogP contribution is 2.17. The smallest absolute Gasteiger partial charge is 0.341 e. The summed E-state index contributed by atoms with van der Waals surface area (Å²) < 4.78 is 5.00. The molecule has 0 spiro atoms. The quantitative estimate of drug-likeness (QED) is 0.889. The molecule has 92 valence electrons. The summed E-state index contributed by atoms with van der Waals surface area (Å²) in [7, 11) is 0. The second kappa shape index (κ2) is 5.27. The molecule has 2 rings (SSSR count). The van der Waals surface area contributed by atoms with Gasteiger partial charge in [-0.2, -0.15) is 4.98 Å². The second-order valence-electron chi connectivity index (χ2n) is 3.77. The van der Waals surface area contributed by atoms with Gasteiger partial charge in [-0.05, 0) is 6.92 Å². The minimum Gasteiger partial charge on any atom is -0.479 e. The topological polar surface area (TPSA) is 72.3 Å². The van der Waals surface area contributed by atoms with Gasteiger partial charge in [0.15, 0.2) is 12.4 Å². The van der Waals surface area contributed by atoms with Gasteiger partial charge in [-0.15, -0.1) is 0 Å². The molecule has 0 amide bonds. The van der Waals surface area contributed by atoms with Gasteiger partial charge < -0.3 is 9.84 Å². The predicted octanol–water partition coefficient (Wildman–Crippen LogP) is 1.92. The summed E-state index contributed by atoms with van der Waals surface area (Å²) in [5.74, 6) is -0.272. The van der Waals surface area contributed by atoms with E-state index in [0.29, 0.717) is 5.82 Å². The molecule has 18 heavy (non-hydrogen) atoms. The lowest BCUT2D eigenvalue weighted by atomic mass is 10.1. The first-order valence-electron chi connectivity index (χ1n) is 5.40. The third kappa shape index (κ3) is 3.04. The van der Waals surface area contributed by atoms with Crippen molar-refractivity contribution < 1.29 is 14.6 Å². The molecular formula is C13H12N2O3. The van der Waals surface area contributed by atoms with Crippen LogP contribution in [-0.2, 0) is 4.79 Å². The van der Waals surface area contributed by atoms with Gasteiger partial charge in [0.25, 0.3) is 0 Å². The van der Waals surface area contributed by atoms with Crippen LogP contribution in [0.2, 0.25) is 0 Å². The largest absolute Gasteiger partial charge is 0.479 e. The first-order chi connectivity index (χ1) is 8.65. The zero-order valence-corrected chi connectivity index (χ0v) is 9.83. The number of aryl methyl sites for hydroxylation is 1. The van der Waals surface area contributed by atoms with E-state index < -0.39 is 12.6 Å². The van der Waals surface area contributed by atoms with E-state index in [-0.39, 0.29) is 5.88 Å². The van der Waals surface area contributed by atoms with Crippen molar-refractivity contribution in [3.05, 3.63) is 42.1 Å². The van der Waals surface area contributed by atoms with Crippen LogP contribution in [0.4, 0.5) is 0 Å². The van der Waals surface area contributed by atoms with E-state index in [1.165, 1.54) is 6.07 Å². The molecule has 1 N–H and O–H groups in total.